The van der Waals surface area contributed by atoms with Gasteiger partial charge in [-0.25, -0.2) is 0 Å². The smallest absolute Gasteiger partial charge is 0.269 e. The Morgan fingerprint density at radius 3 is 2.89 bits per heavy atom. The first-order valence-electron chi connectivity index (χ1n) is 6.27. The molecule has 102 valence electrons. The van der Waals surface area contributed by atoms with Gasteiger partial charge in [-0.2, -0.15) is 0 Å². The first kappa shape index (κ1) is 13.5. The van der Waals surface area contributed by atoms with Crippen LogP contribution in [0.2, 0.25) is 0 Å². The second-order valence-corrected chi connectivity index (χ2v) is 4.91. The van der Waals surface area contributed by atoms with Crippen LogP contribution in [-0.2, 0) is 4.79 Å². The van der Waals surface area contributed by atoms with Crippen LogP contribution in [0.1, 0.15) is 24.8 Å². The Bertz CT molecular complexity index is 504. The van der Waals surface area contributed by atoms with E-state index in [4.69, 9.17) is 5.73 Å². The molecule has 1 fully saturated rings. The van der Waals surface area contributed by atoms with Gasteiger partial charge < -0.3 is 10.6 Å². The molecule has 2 atom stereocenters. The largest absolute Gasteiger partial charge is 0.341 e. The van der Waals surface area contributed by atoms with Crippen LogP contribution >= 0.6 is 0 Å². The molecule has 0 bridgehead atoms. The Kier molecular flexibility index (Phi) is 3.80. The molecule has 2 N–H and O–H groups in total. The van der Waals surface area contributed by atoms with Crippen molar-refractivity contribution in [3.63, 3.8) is 0 Å². The number of nitrogens with two attached hydrogens (primary N) is 1. The second kappa shape index (κ2) is 5.36. The van der Waals surface area contributed by atoms with Gasteiger partial charge in [0.15, 0.2) is 0 Å². The van der Waals surface area contributed by atoms with E-state index >= 15 is 0 Å². The highest BCUT2D eigenvalue weighted by atomic mass is 16.6. The van der Waals surface area contributed by atoms with E-state index in [-0.39, 0.29) is 23.6 Å². The molecular formula is C13H17N3O3. The van der Waals surface area contributed by atoms with Gasteiger partial charge in [0.2, 0.25) is 5.91 Å². The summed E-state index contributed by atoms with van der Waals surface area (Å²) in [5.74, 6) is -0.404. The highest BCUT2D eigenvalue weighted by molar-refractivity contribution is 5.83. The number of carbonyl (C=O) groups excluding carboxylic acids is 1. The van der Waals surface area contributed by atoms with Crippen LogP contribution in [-0.4, -0.2) is 34.9 Å². The van der Waals surface area contributed by atoms with Gasteiger partial charge >= 0.3 is 0 Å². The van der Waals surface area contributed by atoms with Crippen molar-refractivity contribution in [1.29, 1.82) is 0 Å². The third-order valence-corrected chi connectivity index (χ3v) is 3.49. The highest BCUT2D eigenvalue weighted by Gasteiger charge is 2.28. The lowest BCUT2D eigenvalue weighted by molar-refractivity contribution is -0.384. The van der Waals surface area contributed by atoms with Crippen molar-refractivity contribution >= 4 is 11.6 Å². The van der Waals surface area contributed by atoms with Crippen LogP contribution in [0.3, 0.4) is 0 Å². The Morgan fingerprint density at radius 1 is 1.58 bits per heavy atom. The highest BCUT2D eigenvalue weighted by Crippen LogP contribution is 2.23. The summed E-state index contributed by atoms with van der Waals surface area (Å²) in [6, 6.07) is 6.27. The summed E-state index contributed by atoms with van der Waals surface area (Å²) in [7, 11) is 0. The van der Waals surface area contributed by atoms with Crippen LogP contribution in [0, 0.1) is 10.1 Å². The predicted molar refractivity (Wildman–Crippen MR) is 70.7 cm³/mol. The normalized spacial score (nSPS) is 20.3. The minimum atomic E-state index is -0.452. The number of nitrogens with zero attached hydrogens (tertiary/aromatic N) is 2. The molecule has 0 radical (unpaired) electrons. The van der Waals surface area contributed by atoms with Crippen molar-refractivity contribution in [2.75, 3.05) is 13.1 Å². The lowest BCUT2D eigenvalue weighted by atomic mass is 9.99. The van der Waals surface area contributed by atoms with E-state index in [0.29, 0.717) is 18.7 Å². The van der Waals surface area contributed by atoms with Crippen molar-refractivity contribution in [1.82, 2.24) is 4.90 Å². The Labute approximate surface area is 111 Å². The molecular weight excluding hydrogens is 246 g/mol. The summed E-state index contributed by atoms with van der Waals surface area (Å²) in [5, 5.41) is 10.7. The number of carbonyl (C=O) groups is 1. The van der Waals surface area contributed by atoms with Gasteiger partial charge in [0.1, 0.15) is 0 Å². The molecule has 6 heteroatoms. The Balaban J connectivity index is 2.14. The number of non-ortho nitro benzene ring substituents is 1. The van der Waals surface area contributed by atoms with E-state index in [1.807, 2.05) is 0 Å². The van der Waals surface area contributed by atoms with Crippen molar-refractivity contribution < 1.29 is 9.72 Å². The second-order valence-electron chi connectivity index (χ2n) is 4.91. The summed E-state index contributed by atoms with van der Waals surface area (Å²) >= 11 is 0. The maximum atomic E-state index is 12.3. The minimum Gasteiger partial charge on any atom is -0.341 e. The van der Waals surface area contributed by atoms with Crippen LogP contribution in [0.25, 0.3) is 0 Å². The van der Waals surface area contributed by atoms with Crippen LogP contribution in [0.5, 0.6) is 0 Å². The number of hydrogen-bond acceptors (Lipinski definition) is 4. The Hall–Kier alpha value is -1.95. The summed E-state index contributed by atoms with van der Waals surface area (Å²) in [4.78, 5) is 24.3. The maximum absolute atomic E-state index is 12.3. The molecule has 1 aromatic carbocycles. The molecule has 0 spiro atoms. The fraction of sp³-hybridized carbons (Fsp3) is 0.462. The molecule has 1 heterocycles. The van der Waals surface area contributed by atoms with E-state index in [0.717, 1.165) is 6.42 Å². The molecule has 2 unspecified atom stereocenters. The SMILES string of the molecule is CC(C(=O)N1CCC(N)C1)c1cccc([N+](=O)[O-])c1. The lowest BCUT2D eigenvalue weighted by Crippen LogP contribution is -2.34. The molecule has 19 heavy (non-hydrogen) atoms. The van der Waals surface area contributed by atoms with Gasteiger partial charge in [-0.15, -0.1) is 0 Å². The molecule has 1 saturated heterocycles. The predicted octanol–water partition coefficient (Wildman–Crippen LogP) is 1.26. The Morgan fingerprint density at radius 2 is 2.32 bits per heavy atom. The van der Waals surface area contributed by atoms with Crippen LogP contribution in [0.4, 0.5) is 5.69 Å². The number of benzene rings is 1. The fourth-order valence-electron chi connectivity index (χ4n) is 2.31. The topological polar surface area (TPSA) is 89.5 Å². The third-order valence-electron chi connectivity index (χ3n) is 3.49. The molecule has 1 aliphatic rings. The first-order chi connectivity index (χ1) is 8.99. The van der Waals surface area contributed by atoms with E-state index in [2.05, 4.69) is 0 Å². The monoisotopic (exact) mass is 263 g/mol. The number of nitro benzene ring substituents is 1. The van der Waals surface area contributed by atoms with E-state index < -0.39 is 4.92 Å². The van der Waals surface area contributed by atoms with Crippen molar-refractivity contribution in [3.05, 3.63) is 39.9 Å². The number of hydrogen-bond donors (Lipinski definition) is 1. The minimum absolute atomic E-state index is 0.00951. The summed E-state index contributed by atoms with van der Waals surface area (Å²) in [6.45, 7) is 3.00. The standard InChI is InChI=1S/C13H17N3O3/c1-9(13(17)15-6-5-11(14)8-15)10-3-2-4-12(7-10)16(18)19/h2-4,7,9,11H,5-6,8,14H2,1H3. The summed E-state index contributed by atoms with van der Waals surface area (Å²) in [6.07, 6.45) is 0.813. The number of rotatable bonds is 3. The number of amides is 1. The fourth-order valence-corrected chi connectivity index (χ4v) is 2.31. The average molecular weight is 263 g/mol. The van der Waals surface area contributed by atoms with Gasteiger partial charge in [0.25, 0.3) is 5.69 Å². The molecule has 1 aromatic rings. The molecule has 2 rings (SSSR count). The zero-order valence-corrected chi connectivity index (χ0v) is 10.8. The first-order valence-corrected chi connectivity index (χ1v) is 6.27. The quantitative estimate of drug-likeness (QED) is 0.656. The van der Waals surface area contributed by atoms with Gasteiger partial charge in [-0.3, -0.25) is 14.9 Å². The maximum Gasteiger partial charge on any atom is 0.269 e. The van der Waals surface area contributed by atoms with E-state index in [1.165, 1.54) is 12.1 Å². The summed E-state index contributed by atoms with van der Waals surface area (Å²) in [5.41, 5.74) is 6.46. The molecule has 6 nitrogen and oxygen atoms in total. The number of likely N-dealkylation sites (tertiary alicyclic amines) is 1. The van der Waals surface area contributed by atoms with Gasteiger partial charge in [0, 0.05) is 31.3 Å². The molecule has 0 aromatic heterocycles. The molecule has 1 amide bonds. The van der Waals surface area contributed by atoms with E-state index in [9.17, 15) is 14.9 Å². The van der Waals surface area contributed by atoms with Gasteiger partial charge in [0.05, 0.1) is 10.8 Å². The lowest BCUT2D eigenvalue weighted by Gasteiger charge is -2.20. The zero-order valence-electron chi connectivity index (χ0n) is 10.8. The zero-order chi connectivity index (χ0) is 14.0. The average Bonchev–Trinajstić information content (AvgIpc) is 2.84. The summed E-state index contributed by atoms with van der Waals surface area (Å²) < 4.78 is 0. The number of nitro groups is 1. The van der Waals surface area contributed by atoms with E-state index in [1.54, 1.807) is 24.0 Å². The van der Waals surface area contributed by atoms with Crippen molar-refractivity contribution in [3.8, 4) is 0 Å². The van der Waals surface area contributed by atoms with Crippen molar-refractivity contribution in [2.45, 2.75) is 25.3 Å². The van der Waals surface area contributed by atoms with Crippen LogP contribution in [0.15, 0.2) is 24.3 Å². The van der Waals surface area contributed by atoms with Gasteiger partial charge in [-0.05, 0) is 18.9 Å². The molecule has 0 aliphatic carbocycles. The van der Waals surface area contributed by atoms with Crippen molar-refractivity contribution in [2.24, 2.45) is 5.73 Å². The third kappa shape index (κ3) is 2.90. The van der Waals surface area contributed by atoms with Crippen LogP contribution < -0.4 is 5.73 Å². The van der Waals surface area contributed by atoms with Gasteiger partial charge in [-0.1, -0.05) is 12.1 Å². The molecule has 1 aliphatic heterocycles. The molecule has 0 saturated carbocycles.